The largest absolute Gasteiger partial charge is 0.493 e. The van der Waals surface area contributed by atoms with Crippen LogP contribution in [0.3, 0.4) is 0 Å². The number of rotatable bonds is 8. The fourth-order valence-corrected chi connectivity index (χ4v) is 1.92. The second-order valence-electron chi connectivity index (χ2n) is 4.45. The molecule has 0 amide bonds. The molecule has 19 heavy (non-hydrogen) atoms. The summed E-state index contributed by atoms with van der Waals surface area (Å²) in [5.74, 6) is 1.06. The Morgan fingerprint density at radius 2 is 2.16 bits per heavy atom. The topological polar surface area (TPSA) is 50.7 Å². The molecular weight excluding hydrogens is 266 g/mol. The molecule has 1 unspecified atom stereocenters. The van der Waals surface area contributed by atoms with Crippen LogP contribution < -0.4 is 14.8 Å². The second kappa shape index (κ2) is 8.25. The van der Waals surface area contributed by atoms with Gasteiger partial charge in [-0.3, -0.25) is 0 Å². The van der Waals surface area contributed by atoms with Crippen LogP contribution in [0.5, 0.6) is 11.5 Å². The molecule has 0 saturated carbocycles. The van der Waals surface area contributed by atoms with E-state index in [2.05, 4.69) is 12.2 Å². The number of methoxy groups -OCH3 is 1. The molecule has 0 aliphatic heterocycles. The van der Waals surface area contributed by atoms with Crippen molar-refractivity contribution in [3.05, 3.63) is 22.7 Å². The summed E-state index contributed by atoms with van der Waals surface area (Å²) < 4.78 is 10.8. The van der Waals surface area contributed by atoms with Gasteiger partial charge in [-0.2, -0.15) is 0 Å². The molecule has 5 heteroatoms. The van der Waals surface area contributed by atoms with Gasteiger partial charge in [-0.15, -0.1) is 0 Å². The van der Waals surface area contributed by atoms with Gasteiger partial charge < -0.3 is 19.9 Å². The Hall–Kier alpha value is -0.970. The summed E-state index contributed by atoms with van der Waals surface area (Å²) in [5.41, 5.74) is 1.04. The highest BCUT2D eigenvalue weighted by atomic mass is 35.5. The zero-order chi connectivity index (χ0) is 14.3. The lowest BCUT2D eigenvalue weighted by Crippen LogP contribution is -2.15. The van der Waals surface area contributed by atoms with Crippen molar-refractivity contribution in [1.82, 2.24) is 5.32 Å². The second-order valence-corrected chi connectivity index (χ2v) is 4.85. The van der Waals surface area contributed by atoms with Crippen molar-refractivity contribution >= 4 is 11.6 Å². The predicted octanol–water partition coefficient (Wildman–Crippen LogP) is 2.61. The van der Waals surface area contributed by atoms with Gasteiger partial charge in [-0.1, -0.05) is 18.5 Å². The van der Waals surface area contributed by atoms with E-state index in [1.165, 1.54) is 0 Å². The number of aliphatic hydroxyl groups is 1. The molecule has 0 fully saturated rings. The lowest BCUT2D eigenvalue weighted by Gasteiger charge is -2.15. The monoisotopic (exact) mass is 287 g/mol. The van der Waals surface area contributed by atoms with Crippen LogP contribution in [0.1, 0.15) is 25.8 Å². The number of hydrogen-bond donors (Lipinski definition) is 2. The Labute approximate surface area is 119 Å². The van der Waals surface area contributed by atoms with E-state index < -0.39 is 6.10 Å². The fraction of sp³-hybridized carbons (Fsp3) is 0.571. The van der Waals surface area contributed by atoms with Gasteiger partial charge in [0.25, 0.3) is 0 Å². The highest BCUT2D eigenvalue weighted by molar-refractivity contribution is 6.32. The summed E-state index contributed by atoms with van der Waals surface area (Å²) in [6.07, 6.45) is 0.534. The Kier molecular flexibility index (Phi) is 6.99. The molecule has 0 bridgehead atoms. The first-order valence-corrected chi connectivity index (χ1v) is 6.84. The molecule has 0 aliphatic rings. The van der Waals surface area contributed by atoms with Crippen molar-refractivity contribution in [1.29, 1.82) is 0 Å². The van der Waals surface area contributed by atoms with Crippen LogP contribution in [0, 0.1) is 0 Å². The summed E-state index contributed by atoms with van der Waals surface area (Å²) in [5, 5.41) is 13.0. The smallest absolute Gasteiger partial charge is 0.179 e. The summed E-state index contributed by atoms with van der Waals surface area (Å²) in [6, 6.07) is 3.75. The quantitative estimate of drug-likeness (QED) is 0.722. The van der Waals surface area contributed by atoms with Crippen LogP contribution in [-0.4, -0.2) is 31.5 Å². The lowest BCUT2D eigenvalue weighted by atomic mass is 10.2. The van der Waals surface area contributed by atoms with Crippen molar-refractivity contribution in [3.8, 4) is 11.5 Å². The number of halogens is 1. The Bertz CT molecular complexity index is 397. The van der Waals surface area contributed by atoms with E-state index in [9.17, 15) is 5.11 Å². The van der Waals surface area contributed by atoms with Crippen LogP contribution in [0.4, 0.5) is 0 Å². The molecule has 4 nitrogen and oxygen atoms in total. The van der Waals surface area contributed by atoms with Crippen molar-refractivity contribution in [2.75, 3.05) is 20.3 Å². The van der Waals surface area contributed by atoms with Gasteiger partial charge in [0, 0.05) is 6.54 Å². The van der Waals surface area contributed by atoms with Crippen LogP contribution >= 0.6 is 11.6 Å². The maximum atomic E-state index is 9.25. The summed E-state index contributed by atoms with van der Waals surface area (Å²) in [7, 11) is 1.57. The SMILES string of the molecule is CCCNCc1cc(Cl)c(OCC(C)O)c(OC)c1. The molecular formula is C14H22ClNO3. The minimum Gasteiger partial charge on any atom is -0.493 e. The van der Waals surface area contributed by atoms with E-state index in [1.807, 2.05) is 12.1 Å². The van der Waals surface area contributed by atoms with Gasteiger partial charge >= 0.3 is 0 Å². The van der Waals surface area contributed by atoms with Crippen molar-refractivity contribution < 1.29 is 14.6 Å². The average molecular weight is 288 g/mol. The average Bonchev–Trinajstić information content (AvgIpc) is 2.37. The van der Waals surface area contributed by atoms with Gasteiger partial charge in [-0.05, 0) is 37.6 Å². The zero-order valence-electron chi connectivity index (χ0n) is 11.7. The van der Waals surface area contributed by atoms with Gasteiger partial charge in [0.15, 0.2) is 11.5 Å². The predicted molar refractivity (Wildman–Crippen MR) is 77.2 cm³/mol. The van der Waals surface area contributed by atoms with E-state index in [-0.39, 0.29) is 6.61 Å². The van der Waals surface area contributed by atoms with Gasteiger partial charge in [-0.25, -0.2) is 0 Å². The maximum Gasteiger partial charge on any atom is 0.179 e. The summed E-state index contributed by atoms with van der Waals surface area (Å²) >= 11 is 6.20. The highest BCUT2D eigenvalue weighted by Crippen LogP contribution is 2.36. The first-order valence-electron chi connectivity index (χ1n) is 6.46. The van der Waals surface area contributed by atoms with E-state index in [0.717, 1.165) is 25.1 Å². The summed E-state index contributed by atoms with van der Waals surface area (Å²) in [4.78, 5) is 0. The molecule has 0 heterocycles. The third-order valence-electron chi connectivity index (χ3n) is 2.51. The van der Waals surface area contributed by atoms with Crippen LogP contribution in [0.2, 0.25) is 5.02 Å². The molecule has 0 saturated heterocycles. The van der Waals surface area contributed by atoms with E-state index in [4.69, 9.17) is 21.1 Å². The van der Waals surface area contributed by atoms with Crippen LogP contribution in [0.25, 0.3) is 0 Å². The molecule has 0 aromatic heterocycles. The third kappa shape index (κ3) is 5.27. The lowest BCUT2D eigenvalue weighted by molar-refractivity contribution is 0.120. The molecule has 0 spiro atoms. The minimum absolute atomic E-state index is 0.184. The first kappa shape index (κ1) is 16.1. The van der Waals surface area contributed by atoms with Crippen LogP contribution in [0.15, 0.2) is 12.1 Å². The first-order chi connectivity index (χ1) is 9.08. The van der Waals surface area contributed by atoms with Crippen LogP contribution in [-0.2, 0) is 6.54 Å². The summed E-state index contributed by atoms with van der Waals surface area (Å²) in [6.45, 7) is 5.65. The zero-order valence-corrected chi connectivity index (χ0v) is 12.5. The third-order valence-corrected chi connectivity index (χ3v) is 2.79. The fourth-order valence-electron chi connectivity index (χ4n) is 1.63. The van der Waals surface area contributed by atoms with Crippen molar-refractivity contribution in [2.45, 2.75) is 32.9 Å². The molecule has 0 aliphatic carbocycles. The van der Waals surface area contributed by atoms with Gasteiger partial charge in [0.1, 0.15) is 6.61 Å². The van der Waals surface area contributed by atoms with Gasteiger partial charge in [0.2, 0.25) is 0 Å². The number of benzene rings is 1. The molecule has 1 aromatic carbocycles. The molecule has 0 radical (unpaired) electrons. The molecule has 1 atom stereocenters. The van der Waals surface area contributed by atoms with E-state index >= 15 is 0 Å². The normalized spacial score (nSPS) is 12.3. The molecule has 1 aromatic rings. The Morgan fingerprint density at radius 3 is 2.74 bits per heavy atom. The number of ether oxygens (including phenoxy) is 2. The van der Waals surface area contributed by atoms with Crippen molar-refractivity contribution in [2.24, 2.45) is 0 Å². The minimum atomic E-state index is -0.549. The number of nitrogens with one attached hydrogen (secondary N) is 1. The molecule has 2 N–H and O–H groups in total. The molecule has 108 valence electrons. The van der Waals surface area contributed by atoms with E-state index in [0.29, 0.717) is 16.5 Å². The standard InChI is InChI=1S/C14H22ClNO3/c1-4-5-16-8-11-6-12(15)14(13(7-11)18-3)19-9-10(2)17/h6-7,10,16-17H,4-5,8-9H2,1-3H3. The number of hydrogen-bond acceptors (Lipinski definition) is 4. The number of aliphatic hydroxyl groups excluding tert-OH is 1. The van der Waals surface area contributed by atoms with Gasteiger partial charge in [0.05, 0.1) is 18.2 Å². The maximum absolute atomic E-state index is 9.25. The Balaban J connectivity index is 2.81. The highest BCUT2D eigenvalue weighted by Gasteiger charge is 2.12. The Morgan fingerprint density at radius 1 is 1.42 bits per heavy atom. The van der Waals surface area contributed by atoms with Crippen molar-refractivity contribution in [3.63, 3.8) is 0 Å². The van der Waals surface area contributed by atoms with E-state index in [1.54, 1.807) is 14.0 Å². The molecule has 1 rings (SSSR count).